The Balaban J connectivity index is 2.13. The number of hydrogen-bond acceptors (Lipinski definition) is 5. The Kier molecular flexibility index (Phi) is 3.26. The largest absolute Gasteiger partial charge is 0.379 e. The molecule has 2 heterocycles. The summed E-state index contributed by atoms with van der Waals surface area (Å²) >= 11 is 0. The molecule has 2 saturated heterocycles. The molecule has 0 unspecified atom stereocenters. The molecule has 0 N–H and O–H groups in total. The van der Waals surface area contributed by atoms with Crippen molar-refractivity contribution in [2.24, 2.45) is 0 Å². The topological polar surface area (TPSA) is 80.8 Å². The van der Waals surface area contributed by atoms with Crippen molar-refractivity contribution in [2.75, 3.05) is 37.8 Å². The fraction of sp³-hybridized carbons (Fsp3) is 1.00. The van der Waals surface area contributed by atoms with Gasteiger partial charge in [-0.15, -0.1) is 0 Å². The van der Waals surface area contributed by atoms with Gasteiger partial charge in [-0.05, 0) is 6.42 Å². The highest BCUT2D eigenvalue weighted by atomic mass is 32.2. The minimum atomic E-state index is -3.46. The molecule has 2 fully saturated rings. The summed E-state index contributed by atoms with van der Waals surface area (Å²) in [5.41, 5.74) is 0. The molecule has 16 heavy (non-hydrogen) atoms. The quantitative estimate of drug-likeness (QED) is 0.631. The minimum absolute atomic E-state index is 0.0127. The second-order valence-corrected chi connectivity index (χ2v) is 8.52. The minimum Gasteiger partial charge on any atom is -0.379 e. The van der Waals surface area contributed by atoms with Crippen LogP contribution >= 0.6 is 0 Å². The van der Waals surface area contributed by atoms with Gasteiger partial charge in [-0.1, -0.05) is 0 Å². The van der Waals surface area contributed by atoms with Crippen molar-refractivity contribution in [3.05, 3.63) is 0 Å². The normalized spacial score (nSPS) is 31.6. The summed E-state index contributed by atoms with van der Waals surface area (Å²) in [6, 6.07) is 0. The van der Waals surface area contributed by atoms with Gasteiger partial charge in [-0.25, -0.2) is 16.8 Å². The fourth-order valence-corrected chi connectivity index (χ4v) is 6.51. The van der Waals surface area contributed by atoms with Gasteiger partial charge >= 0.3 is 0 Å². The number of ether oxygens (including phenoxy) is 1. The molecular formula is C8H15NO5S2. The summed E-state index contributed by atoms with van der Waals surface area (Å²) in [4.78, 5) is 0. The highest BCUT2D eigenvalue weighted by Gasteiger charge is 2.40. The summed E-state index contributed by atoms with van der Waals surface area (Å²) in [5.74, 6) is -0.242. The van der Waals surface area contributed by atoms with E-state index < -0.39 is 25.1 Å². The molecule has 1 atom stereocenters. The van der Waals surface area contributed by atoms with Gasteiger partial charge in [-0.2, -0.15) is 4.31 Å². The van der Waals surface area contributed by atoms with E-state index in [0.717, 1.165) is 0 Å². The van der Waals surface area contributed by atoms with Crippen LogP contribution in [0.2, 0.25) is 0 Å². The van der Waals surface area contributed by atoms with Crippen molar-refractivity contribution in [3.63, 3.8) is 0 Å². The standard InChI is InChI=1S/C8H15NO5S2/c10-15(11)6-1-8(7-15)16(12,13)9-2-4-14-5-3-9/h8H,1-7H2/t8-/m1/s1. The SMILES string of the molecule is O=S1(=O)CC[C@@H](S(=O)(=O)N2CCOCC2)C1. The van der Waals surface area contributed by atoms with E-state index in [4.69, 9.17) is 4.74 Å². The summed E-state index contributed by atoms with van der Waals surface area (Å²) in [6.45, 7) is 1.44. The molecule has 6 nitrogen and oxygen atoms in total. The van der Waals surface area contributed by atoms with Crippen LogP contribution in [0.4, 0.5) is 0 Å². The van der Waals surface area contributed by atoms with E-state index in [1.807, 2.05) is 0 Å². The van der Waals surface area contributed by atoms with Crippen LogP contribution in [0, 0.1) is 0 Å². The molecule has 2 rings (SSSR count). The summed E-state index contributed by atoms with van der Waals surface area (Å²) in [6.07, 6.45) is 0.224. The van der Waals surface area contributed by atoms with Crippen molar-refractivity contribution < 1.29 is 21.6 Å². The zero-order valence-corrected chi connectivity index (χ0v) is 10.5. The van der Waals surface area contributed by atoms with Crippen LogP contribution in [0.1, 0.15) is 6.42 Å². The molecule has 0 amide bonds. The molecule has 2 aliphatic heterocycles. The van der Waals surface area contributed by atoms with E-state index in [-0.39, 0.29) is 17.9 Å². The highest BCUT2D eigenvalue weighted by Crippen LogP contribution is 2.22. The molecule has 0 aliphatic carbocycles. The fourth-order valence-electron chi connectivity index (χ4n) is 2.01. The molecule has 0 aromatic rings. The molecule has 0 saturated carbocycles. The number of nitrogens with zero attached hydrogens (tertiary/aromatic N) is 1. The number of hydrogen-bond donors (Lipinski definition) is 0. The van der Waals surface area contributed by atoms with Crippen LogP contribution < -0.4 is 0 Å². The maximum atomic E-state index is 12.1. The average molecular weight is 269 g/mol. The Bertz CT molecular complexity index is 449. The third-order valence-corrected chi connectivity index (χ3v) is 7.25. The first kappa shape index (κ1) is 12.3. The Labute approximate surface area is 95.5 Å². The van der Waals surface area contributed by atoms with Gasteiger partial charge in [0.1, 0.15) is 0 Å². The second kappa shape index (κ2) is 4.25. The van der Waals surface area contributed by atoms with E-state index in [1.165, 1.54) is 4.31 Å². The number of morpholine rings is 1. The molecule has 0 radical (unpaired) electrons. The third-order valence-electron chi connectivity index (χ3n) is 2.94. The zero-order chi connectivity index (χ0) is 11.8. The number of sulfonamides is 1. The Morgan fingerprint density at radius 1 is 1.19 bits per heavy atom. The van der Waals surface area contributed by atoms with E-state index in [2.05, 4.69) is 0 Å². The van der Waals surface area contributed by atoms with Crippen LogP contribution in [0.25, 0.3) is 0 Å². The van der Waals surface area contributed by atoms with Crippen LogP contribution in [0.3, 0.4) is 0 Å². The lowest BCUT2D eigenvalue weighted by molar-refractivity contribution is 0.0727. The lowest BCUT2D eigenvalue weighted by atomic mass is 10.4. The van der Waals surface area contributed by atoms with Gasteiger partial charge in [0, 0.05) is 13.1 Å². The first-order chi connectivity index (χ1) is 7.42. The number of sulfone groups is 1. The molecule has 0 aromatic heterocycles. The van der Waals surface area contributed by atoms with Gasteiger partial charge < -0.3 is 4.74 Å². The average Bonchev–Trinajstić information content (AvgIpc) is 2.61. The lowest BCUT2D eigenvalue weighted by Crippen LogP contribution is -2.45. The van der Waals surface area contributed by atoms with Gasteiger partial charge in [0.2, 0.25) is 10.0 Å². The predicted octanol–water partition coefficient (Wildman–Crippen LogP) is -1.16. The van der Waals surface area contributed by atoms with Crippen molar-refractivity contribution in [1.29, 1.82) is 0 Å². The van der Waals surface area contributed by atoms with Crippen molar-refractivity contribution >= 4 is 19.9 Å². The van der Waals surface area contributed by atoms with E-state index in [9.17, 15) is 16.8 Å². The molecule has 94 valence electrons. The maximum absolute atomic E-state index is 12.1. The monoisotopic (exact) mass is 269 g/mol. The third kappa shape index (κ3) is 2.39. The van der Waals surface area contributed by atoms with Gasteiger partial charge in [0.05, 0.1) is 30.0 Å². The Morgan fingerprint density at radius 2 is 1.81 bits per heavy atom. The Morgan fingerprint density at radius 3 is 2.31 bits per heavy atom. The first-order valence-electron chi connectivity index (χ1n) is 5.19. The summed E-state index contributed by atoms with van der Waals surface area (Å²) in [7, 11) is -6.61. The van der Waals surface area contributed by atoms with Crippen molar-refractivity contribution in [3.8, 4) is 0 Å². The molecule has 0 aromatic carbocycles. The number of rotatable bonds is 2. The van der Waals surface area contributed by atoms with E-state index in [1.54, 1.807) is 0 Å². The van der Waals surface area contributed by atoms with Gasteiger partial charge in [0.15, 0.2) is 9.84 Å². The molecule has 0 bridgehead atoms. The highest BCUT2D eigenvalue weighted by molar-refractivity contribution is 7.95. The van der Waals surface area contributed by atoms with E-state index in [0.29, 0.717) is 26.3 Å². The first-order valence-corrected chi connectivity index (χ1v) is 8.51. The zero-order valence-electron chi connectivity index (χ0n) is 8.83. The molecule has 0 spiro atoms. The Hall–Kier alpha value is -0.180. The summed E-state index contributed by atoms with van der Waals surface area (Å²) < 4.78 is 53.1. The van der Waals surface area contributed by atoms with Crippen LogP contribution in [0.5, 0.6) is 0 Å². The van der Waals surface area contributed by atoms with Crippen LogP contribution in [-0.2, 0) is 24.6 Å². The van der Waals surface area contributed by atoms with E-state index >= 15 is 0 Å². The van der Waals surface area contributed by atoms with Crippen molar-refractivity contribution in [2.45, 2.75) is 11.7 Å². The predicted molar refractivity (Wildman–Crippen MR) is 58.4 cm³/mol. The summed E-state index contributed by atoms with van der Waals surface area (Å²) in [5, 5.41) is -0.754. The smallest absolute Gasteiger partial charge is 0.218 e. The van der Waals surface area contributed by atoms with Gasteiger partial charge in [0.25, 0.3) is 0 Å². The van der Waals surface area contributed by atoms with Crippen LogP contribution in [-0.4, -0.2) is 64.2 Å². The van der Waals surface area contributed by atoms with Crippen molar-refractivity contribution in [1.82, 2.24) is 4.31 Å². The lowest BCUT2D eigenvalue weighted by Gasteiger charge is -2.28. The molecule has 2 aliphatic rings. The second-order valence-electron chi connectivity index (χ2n) is 4.08. The van der Waals surface area contributed by atoms with Crippen LogP contribution in [0.15, 0.2) is 0 Å². The van der Waals surface area contributed by atoms with Gasteiger partial charge in [-0.3, -0.25) is 0 Å². The molecular weight excluding hydrogens is 254 g/mol. The maximum Gasteiger partial charge on any atom is 0.218 e. The molecule has 8 heteroatoms.